The van der Waals surface area contributed by atoms with E-state index in [4.69, 9.17) is 5.11 Å². The normalized spacial score (nSPS) is 9.87. The first-order valence-electron chi connectivity index (χ1n) is 3.97. The highest BCUT2D eigenvalue weighted by molar-refractivity contribution is 7.13. The summed E-state index contributed by atoms with van der Waals surface area (Å²) in [6.07, 6.45) is 2.61. The van der Waals surface area contributed by atoms with Gasteiger partial charge in [-0.2, -0.15) is 0 Å². The fraction of sp³-hybridized carbons (Fsp3) is 0. The van der Waals surface area contributed by atoms with Gasteiger partial charge < -0.3 is 5.11 Å². The summed E-state index contributed by atoms with van der Waals surface area (Å²) in [5.41, 5.74) is 1.78. The van der Waals surface area contributed by atoms with E-state index >= 15 is 0 Å². The van der Waals surface area contributed by atoms with Gasteiger partial charge in [-0.25, -0.2) is 0 Å². The number of pyridine rings is 1. The predicted octanol–water partition coefficient (Wildman–Crippen LogP) is 0.891. The summed E-state index contributed by atoms with van der Waals surface area (Å²) in [6.45, 7) is 0. The molecule has 15 heavy (non-hydrogen) atoms. The van der Waals surface area contributed by atoms with Crippen molar-refractivity contribution in [3.63, 3.8) is 0 Å². The predicted molar refractivity (Wildman–Crippen MR) is 53.8 cm³/mol. The van der Waals surface area contributed by atoms with Crippen LogP contribution in [0.1, 0.15) is 10.4 Å². The molecule has 0 bridgehead atoms. The lowest BCUT2D eigenvalue weighted by molar-refractivity contribution is 0.102. The molecule has 7 heteroatoms. The van der Waals surface area contributed by atoms with Gasteiger partial charge in [0.25, 0.3) is 5.91 Å². The van der Waals surface area contributed by atoms with Crippen molar-refractivity contribution in [1.82, 2.24) is 15.2 Å². The van der Waals surface area contributed by atoms with Crippen molar-refractivity contribution >= 4 is 22.4 Å². The zero-order valence-corrected chi connectivity index (χ0v) is 8.23. The molecule has 0 aliphatic heterocycles. The zero-order valence-electron chi connectivity index (χ0n) is 7.41. The summed E-state index contributed by atoms with van der Waals surface area (Å²) < 4.78 is 0. The minimum Gasteiger partial charge on any atom is -0.506 e. The van der Waals surface area contributed by atoms with Crippen molar-refractivity contribution in [2.45, 2.75) is 0 Å². The molecule has 0 aliphatic carbocycles. The molecule has 0 fully saturated rings. The van der Waals surface area contributed by atoms with Crippen LogP contribution >= 0.6 is 11.3 Å². The number of rotatable bonds is 2. The van der Waals surface area contributed by atoms with E-state index in [0.29, 0.717) is 5.13 Å². The standard InChI is InChI=1S/C8H6N4O2S/c13-6-1-5(2-9-3-6)7(14)11-8-12-10-4-15-8/h1-4,13H,(H,11,12,14). The highest BCUT2D eigenvalue weighted by atomic mass is 32.1. The summed E-state index contributed by atoms with van der Waals surface area (Å²) in [6, 6.07) is 1.32. The second-order valence-electron chi connectivity index (χ2n) is 2.63. The Morgan fingerprint density at radius 3 is 3.00 bits per heavy atom. The van der Waals surface area contributed by atoms with Crippen LogP contribution in [0.25, 0.3) is 0 Å². The van der Waals surface area contributed by atoms with Crippen LogP contribution in [-0.2, 0) is 0 Å². The highest BCUT2D eigenvalue weighted by Gasteiger charge is 2.08. The lowest BCUT2D eigenvalue weighted by Gasteiger charge is -2.00. The molecule has 2 heterocycles. The van der Waals surface area contributed by atoms with Crippen molar-refractivity contribution in [3.05, 3.63) is 29.5 Å². The monoisotopic (exact) mass is 222 g/mol. The minimum absolute atomic E-state index is 0.0556. The fourth-order valence-corrected chi connectivity index (χ4v) is 1.39. The van der Waals surface area contributed by atoms with Crippen LogP contribution in [-0.4, -0.2) is 26.2 Å². The van der Waals surface area contributed by atoms with E-state index < -0.39 is 0 Å². The quantitative estimate of drug-likeness (QED) is 0.787. The van der Waals surface area contributed by atoms with Crippen LogP contribution < -0.4 is 5.32 Å². The third kappa shape index (κ3) is 2.26. The topological polar surface area (TPSA) is 88.0 Å². The van der Waals surface area contributed by atoms with Crippen LogP contribution in [0.2, 0.25) is 0 Å². The Balaban J connectivity index is 2.15. The molecule has 0 saturated heterocycles. The molecular weight excluding hydrogens is 216 g/mol. The molecule has 0 spiro atoms. The van der Waals surface area contributed by atoms with E-state index in [2.05, 4.69) is 20.5 Å². The van der Waals surface area contributed by atoms with Gasteiger partial charge in [0.15, 0.2) is 0 Å². The van der Waals surface area contributed by atoms with Gasteiger partial charge in [-0.05, 0) is 6.07 Å². The number of aromatic nitrogens is 3. The summed E-state index contributed by atoms with van der Waals surface area (Å²) in [5, 5.41) is 19.3. The number of hydrogen-bond donors (Lipinski definition) is 2. The third-order valence-electron chi connectivity index (χ3n) is 1.57. The fourth-order valence-electron chi connectivity index (χ4n) is 0.949. The van der Waals surface area contributed by atoms with Gasteiger partial charge in [-0.3, -0.25) is 15.1 Å². The van der Waals surface area contributed by atoms with E-state index in [-0.39, 0.29) is 17.2 Å². The minimum atomic E-state index is -0.379. The van der Waals surface area contributed by atoms with Crippen LogP contribution in [0.3, 0.4) is 0 Å². The van der Waals surface area contributed by atoms with Crippen LogP contribution in [0.4, 0.5) is 5.13 Å². The first kappa shape index (κ1) is 9.53. The summed E-state index contributed by atoms with van der Waals surface area (Å²) in [4.78, 5) is 15.2. The van der Waals surface area contributed by atoms with Crippen molar-refractivity contribution in [2.24, 2.45) is 0 Å². The molecule has 76 valence electrons. The molecule has 1 amide bonds. The first-order chi connectivity index (χ1) is 7.25. The largest absolute Gasteiger partial charge is 0.506 e. The number of nitrogens with zero attached hydrogens (tertiary/aromatic N) is 3. The number of nitrogens with one attached hydrogen (secondary N) is 1. The van der Waals surface area contributed by atoms with E-state index in [0.717, 1.165) is 0 Å². The van der Waals surface area contributed by atoms with Crippen molar-refractivity contribution in [3.8, 4) is 5.75 Å². The Morgan fingerprint density at radius 1 is 1.47 bits per heavy atom. The number of carbonyl (C=O) groups is 1. The molecule has 6 nitrogen and oxygen atoms in total. The molecule has 2 N–H and O–H groups in total. The highest BCUT2D eigenvalue weighted by Crippen LogP contribution is 2.12. The van der Waals surface area contributed by atoms with E-state index in [1.807, 2.05) is 0 Å². The maximum Gasteiger partial charge on any atom is 0.259 e. The number of hydrogen-bond acceptors (Lipinski definition) is 6. The molecule has 0 saturated carbocycles. The van der Waals surface area contributed by atoms with Crippen molar-refractivity contribution in [2.75, 3.05) is 5.32 Å². The molecule has 0 aliphatic rings. The Morgan fingerprint density at radius 2 is 2.33 bits per heavy atom. The number of amides is 1. The van der Waals surface area contributed by atoms with Crippen molar-refractivity contribution < 1.29 is 9.90 Å². The van der Waals surface area contributed by atoms with Gasteiger partial charge >= 0.3 is 0 Å². The van der Waals surface area contributed by atoms with Crippen LogP contribution in [0.15, 0.2) is 24.0 Å². The Bertz CT molecular complexity index is 471. The van der Waals surface area contributed by atoms with Crippen LogP contribution in [0, 0.1) is 0 Å². The molecular formula is C8H6N4O2S. The van der Waals surface area contributed by atoms with E-state index in [1.165, 1.54) is 35.3 Å². The van der Waals surface area contributed by atoms with Crippen molar-refractivity contribution in [1.29, 1.82) is 0 Å². The SMILES string of the molecule is O=C(Nc1nncs1)c1cncc(O)c1. The molecule has 2 rings (SSSR count). The van der Waals surface area contributed by atoms with Gasteiger partial charge in [0.05, 0.1) is 11.8 Å². The zero-order chi connectivity index (χ0) is 10.7. The third-order valence-corrected chi connectivity index (χ3v) is 2.17. The Labute approximate surface area is 88.6 Å². The molecule has 0 radical (unpaired) electrons. The molecule has 0 aromatic carbocycles. The van der Waals surface area contributed by atoms with Gasteiger partial charge in [0, 0.05) is 6.20 Å². The number of aromatic hydroxyl groups is 1. The first-order valence-corrected chi connectivity index (χ1v) is 4.85. The second-order valence-corrected chi connectivity index (χ2v) is 3.46. The second kappa shape index (κ2) is 4.01. The van der Waals surface area contributed by atoms with E-state index in [9.17, 15) is 4.79 Å². The Hall–Kier alpha value is -2.02. The maximum absolute atomic E-state index is 11.5. The average molecular weight is 222 g/mol. The number of anilines is 1. The molecule has 0 unspecified atom stereocenters. The van der Waals surface area contributed by atoms with Gasteiger partial charge in [-0.15, -0.1) is 10.2 Å². The van der Waals surface area contributed by atoms with E-state index in [1.54, 1.807) is 0 Å². The molecule has 0 atom stereocenters. The van der Waals surface area contributed by atoms with Gasteiger partial charge in [-0.1, -0.05) is 11.3 Å². The van der Waals surface area contributed by atoms with Gasteiger partial charge in [0.2, 0.25) is 5.13 Å². The summed E-state index contributed by atoms with van der Waals surface area (Å²) in [5.74, 6) is -0.435. The lowest BCUT2D eigenvalue weighted by Crippen LogP contribution is -2.11. The molecule has 2 aromatic rings. The maximum atomic E-state index is 11.5. The lowest BCUT2D eigenvalue weighted by atomic mass is 10.2. The van der Waals surface area contributed by atoms with Gasteiger partial charge in [0.1, 0.15) is 11.3 Å². The molecule has 2 aromatic heterocycles. The smallest absolute Gasteiger partial charge is 0.259 e. The summed E-state index contributed by atoms with van der Waals surface area (Å²) in [7, 11) is 0. The summed E-state index contributed by atoms with van der Waals surface area (Å²) >= 11 is 1.21. The number of carbonyl (C=O) groups excluding carboxylic acids is 1. The van der Waals surface area contributed by atoms with Crippen LogP contribution in [0.5, 0.6) is 5.75 Å². The average Bonchev–Trinajstić information content (AvgIpc) is 2.70. The Kier molecular flexibility index (Phi) is 2.55.